The van der Waals surface area contributed by atoms with Crippen molar-refractivity contribution in [2.24, 2.45) is 0 Å². The number of nitrogens with zero attached hydrogens (tertiary/aromatic N) is 3. The Morgan fingerprint density at radius 3 is 2.39 bits per heavy atom. The normalized spacial score (nSPS) is 15.7. The monoisotopic (exact) mass is 529 g/mol. The smallest absolute Gasteiger partial charge is 0.264 e. The zero-order chi connectivity index (χ0) is 25.3. The first-order chi connectivity index (χ1) is 17.3. The number of para-hydroxylation sites is 1. The summed E-state index contributed by atoms with van der Waals surface area (Å²) in [5, 5.41) is 0.123. The van der Waals surface area contributed by atoms with Gasteiger partial charge >= 0.3 is 0 Å². The van der Waals surface area contributed by atoms with Gasteiger partial charge in [-0.05, 0) is 60.5 Å². The average Bonchev–Trinajstić information content (AvgIpc) is 3.33. The molecular formula is C26H25ClFN3O4S. The fourth-order valence-electron chi connectivity index (χ4n) is 4.54. The van der Waals surface area contributed by atoms with Crippen LogP contribution in [-0.2, 0) is 21.2 Å². The second-order valence-corrected chi connectivity index (χ2v) is 11.0. The molecule has 5 rings (SSSR count). The Labute approximate surface area is 214 Å². The Balaban J connectivity index is 1.19. The highest BCUT2D eigenvalue weighted by Gasteiger charge is 2.31. The van der Waals surface area contributed by atoms with Crippen molar-refractivity contribution in [2.45, 2.75) is 11.3 Å². The zero-order valence-electron chi connectivity index (χ0n) is 19.4. The van der Waals surface area contributed by atoms with Gasteiger partial charge in [-0.15, -0.1) is 0 Å². The number of ether oxygens (including phenoxy) is 1. The maximum atomic E-state index is 13.2. The van der Waals surface area contributed by atoms with E-state index in [0.29, 0.717) is 44.8 Å². The predicted molar refractivity (Wildman–Crippen MR) is 137 cm³/mol. The largest absolute Gasteiger partial charge is 0.482 e. The first kappa shape index (κ1) is 24.4. The molecule has 2 aliphatic rings. The lowest BCUT2D eigenvalue weighted by atomic mass is 10.2. The highest BCUT2D eigenvalue weighted by atomic mass is 35.5. The topological polar surface area (TPSA) is 70.2 Å². The van der Waals surface area contributed by atoms with Crippen molar-refractivity contribution in [3.63, 3.8) is 0 Å². The molecule has 0 N–H and O–H groups in total. The molecule has 10 heteroatoms. The summed E-state index contributed by atoms with van der Waals surface area (Å²) < 4.78 is 46.6. The van der Waals surface area contributed by atoms with Crippen LogP contribution in [0.4, 0.5) is 15.8 Å². The van der Waals surface area contributed by atoms with E-state index in [9.17, 15) is 17.6 Å². The third kappa shape index (κ3) is 4.85. The van der Waals surface area contributed by atoms with Crippen molar-refractivity contribution in [1.29, 1.82) is 0 Å². The highest BCUT2D eigenvalue weighted by Crippen LogP contribution is 2.35. The molecule has 0 spiro atoms. The van der Waals surface area contributed by atoms with Gasteiger partial charge in [0.05, 0.1) is 15.6 Å². The molecule has 7 nitrogen and oxygen atoms in total. The minimum atomic E-state index is -3.78. The van der Waals surface area contributed by atoms with E-state index in [0.717, 1.165) is 11.3 Å². The second kappa shape index (κ2) is 9.99. The molecule has 1 fully saturated rings. The minimum Gasteiger partial charge on any atom is -0.482 e. The van der Waals surface area contributed by atoms with E-state index in [4.69, 9.17) is 16.3 Å². The van der Waals surface area contributed by atoms with Gasteiger partial charge in [-0.1, -0.05) is 29.8 Å². The van der Waals surface area contributed by atoms with Gasteiger partial charge in [0.2, 0.25) is 0 Å². The number of rotatable bonds is 6. The van der Waals surface area contributed by atoms with Gasteiger partial charge in [-0.2, -0.15) is 0 Å². The van der Waals surface area contributed by atoms with Crippen LogP contribution in [0.3, 0.4) is 0 Å². The lowest BCUT2D eigenvalue weighted by Crippen LogP contribution is -2.50. The first-order valence-electron chi connectivity index (χ1n) is 11.6. The van der Waals surface area contributed by atoms with E-state index < -0.39 is 10.0 Å². The molecule has 188 valence electrons. The number of benzene rings is 3. The van der Waals surface area contributed by atoms with Gasteiger partial charge in [0.1, 0.15) is 11.6 Å². The molecule has 2 aliphatic heterocycles. The number of hydrogen-bond acceptors (Lipinski definition) is 5. The number of anilines is 2. The molecule has 0 aliphatic carbocycles. The van der Waals surface area contributed by atoms with Crippen LogP contribution >= 0.6 is 11.6 Å². The summed E-state index contributed by atoms with van der Waals surface area (Å²) in [6.07, 6.45) is 0.657. The number of carbonyl (C=O) groups excluding carboxylic acids is 1. The van der Waals surface area contributed by atoms with Crippen molar-refractivity contribution >= 4 is 38.9 Å². The number of hydrogen-bond donors (Lipinski definition) is 0. The van der Waals surface area contributed by atoms with Crippen molar-refractivity contribution in [1.82, 2.24) is 4.90 Å². The molecule has 3 aromatic carbocycles. The van der Waals surface area contributed by atoms with Crippen molar-refractivity contribution in [2.75, 3.05) is 48.5 Å². The van der Waals surface area contributed by atoms with Gasteiger partial charge in [-0.25, -0.2) is 12.8 Å². The third-order valence-electron chi connectivity index (χ3n) is 6.51. The van der Waals surface area contributed by atoms with Crippen LogP contribution in [-0.4, -0.2) is 58.6 Å². The molecule has 1 amide bonds. The number of fused-ring (bicyclic) bond motifs is 1. The molecule has 0 radical (unpaired) electrons. The van der Waals surface area contributed by atoms with E-state index >= 15 is 0 Å². The first-order valence-corrected chi connectivity index (χ1v) is 13.5. The van der Waals surface area contributed by atoms with Crippen LogP contribution in [0.5, 0.6) is 5.75 Å². The van der Waals surface area contributed by atoms with Crippen molar-refractivity contribution in [3.05, 3.63) is 83.1 Å². The standard InChI is InChI=1S/C26H25ClFN3O4S/c27-23-17-22(36(33,34)31-12-11-19-3-1-2-4-24(19)31)9-10-25(23)35-18-26(32)30-15-13-29(14-16-30)21-7-5-20(28)6-8-21/h1-10,17H,11-16,18H2. The SMILES string of the molecule is O=C(COc1ccc(S(=O)(=O)N2CCc3ccccc32)cc1Cl)N1CCN(c2ccc(F)cc2)CC1. The van der Waals surface area contributed by atoms with E-state index in [1.807, 2.05) is 18.2 Å². The van der Waals surface area contributed by atoms with Crippen LogP contribution in [0.25, 0.3) is 0 Å². The maximum absolute atomic E-state index is 13.2. The summed E-state index contributed by atoms with van der Waals surface area (Å²) >= 11 is 6.34. The summed E-state index contributed by atoms with van der Waals surface area (Å²) in [5.41, 5.74) is 2.59. The Morgan fingerprint density at radius 1 is 0.944 bits per heavy atom. The summed E-state index contributed by atoms with van der Waals surface area (Å²) in [5.74, 6) is -0.221. The molecule has 2 heterocycles. The van der Waals surface area contributed by atoms with Crippen LogP contribution < -0.4 is 13.9 Å². The fraction of sp³-hybridized carbons (Fsp3) is 0.269. The Morgan fingerprint density at radius 2 is 1.67 bits per heavy atom. The molecule has 0 saturated carbocycles. The van der Waals surface area contributed by atoms with Crippen LogP contribution in [0.1, 0.15) is 5.56 Å². The minimum absolute atomic E-state index is 0.0693. The molecule has 3 aromatic rings. The predicted octanol–water partition coefficient (Wildman–Crippen LogP) is 3.96. The molecule has 0 bridgehead atoms. The van der Waals surface area contributed by atoms with Crippen molar-refractivity contribution < 1.29 is 22.3 Å². The Bertz CT molecular complexity index is 1380. The fourth-order valence-corrected chi connectivity index (χ4v) is 6.37. The zero-order valence-corrected chi connectivity index (χ0v) is 21.0. The Kier molecular flexibility index (Phi) is 6.77. The lowest BCUT2D eigenvalue weighted by Gasteiger charge is -2.36. The number of amides is 1. The number of sulfonamides is 1. The summed E-state index contributed by atoms with van der Waals surface area (Å²) in [4.78, 5) is 16.5. The number of halogens is 2. The molecule has 36 heavy (non-hydrogen) atoms. The van der Waals surface area contributed by atoms with Gasteiger partial charge in [0.25, 0.3) is 15.9 Å². The van der Waals surface area contributed by atoms with Gasteiger partial charge in [0, 0.05) is 38.4 Å². The maximum Gasteiger partial charge on any atom is 0.264 e. The van der Waals surface area contributed by atoms with Gasteiger partial charge in [0.15, 0.2) is 6.61 Å². The quantitative estimate of drug-likeness (QED) is 0.483. The second-order valence-electron chi connectivity index (χ2n) is 8.68. The Hall–Kier alpha value is -3.30. The average molecular weight is 530 g/mol. The molecule has 1 saturated heterocycles. The lowest BCUT2D eigenvalue weighted by molar-refractivity contribution is -0.133. The third-order valence-corrected chi connectivity index (χ3v) is 8.62. The molecule has 0 unspecified atom stereocenters. The van der Waals surface area contributed by atoms with Crippen LogP contribution in [0, 0.1) is 5.82 Å². The number of piperazine rings is 1. The van der Waals surface area contributed by atoms with E-state index in [1.165, 1.54) is 34.6 Å². The van der Waals surface area contributed by atoms with E-state index in [-0.39, 0.29) is 34.0 Å². The summed E-state index contributed by atoms with van der Waals surface area (Å²) in [6.45, 7) is 2.46. The molecule has 0 aromatic heterocycles. The van der Waals surface area contributed by atoms with E-state index in [2.05, 4.69) is 4.90 Å². The molecular weight excluding hydrogens is 505 g/mol. The van der Waals surface area contributed by atoms with Crippen molar-refractivity contribution in [3.8, 4) is 5.75 Å². The van der Waals surface area contributed by atoms with Crippen LogP contribution in [0.15, 0.2) is 71.6 Å². The number of carbonyl (C=O) groups is 1. The summed E-state index contributed by atoms with van der Waals surface area (Å²) in [7, 11) is -3.78. The van der Waals surface area contributed by atoms with Crippen LogP contribution in [0.2, 0.25) is 5.02 Å². The molecule has 0 atom stereocenters. The highest BCUT2D eigenvalue weighted by molar-refractivity contribution is 7.92. The van der Waals surface area contributed by atoms with E-state index in [1.54, 1.807) is 23.1 Å². The van der Waals surface area contributed by atoms with Gasteiger partial charge < -0.3 is 14.5 Å². The summed E-state index contributed by atoms with van der Waals surface area (Å²) in [6, 6.07) is 18.0. The van der Waals surface area contributed by atoms with Gasteiger partial charge in [-0.3, -0.25) is 9.10 Å².